The zero-order chi connectivity index (χ0) is 8.97. The molecule has 0 aliphatic carbocycles. The van der Waals surface area contributed by atoms with E-state index in [0.717, 1.165) is 14.0 Å². The van der Waals surface area contributed by atoms with Gasteiger partial charge in [-0.15, -0.1) is 0 Å². The lowest BCUT2D eigenvalue weighted by molar-refractivity contribution is 0.240. The molecule has 1 aromatic rings. The first-order chi connectivity index (χ1) is 5.75. The van der Waals surface area contributed by atoms with Gasteiger partial charge in [0.1, 0.15) is 16.1 Å². The predicted molar refractivity (Wildman–Crippen MR) is 56.3 cm³/mol. The number of methoxy groups -OCH3 is 1. The molecule has 12 heavy (non-hydrogen) atoms. The molecule has 0 bridgehead atoms. The van der Waals surface area contributed by atoms with Crippen molar-refractivity contribution in [2.24, 2.45) is 0 Å². The Hall–Kier alpha value is 0.110. The van der Waals surface area contributed by atoms with Crippen LogP contribution in [0, 0.1) is 11.8 Å². The summed E-state index contributed by atoms with van der Waals surface area (Å²) in [5, 5.41) is 0. The third-order valence-electron chi connectivity index (χ3n) is 1.02. The summed E-state index contributed by atoms with van der Waals surface area (Å²) in [7, 11) is 1.62. The SMILES string of the molecule is COCC#Cc1snc(Br)c1Br. The minimum atomic E-state index is 0.446. The topological polar surface area (TPSA) is 22.1 Å². The Kier molecular flexibility index (Phi) is 4.22. The molecule has 5 heteroatoms. The van der Waals surface area contributed by atoms with Crippen molar-refractivity contribution >= 4 is 43.4 Å². The molecule has 1 heterocycles. The number of hydrogen-bond donors (Lipinski definition) is 0. The van der Waals surface area contributed by atoms with E-state index in [1.165, 1.54) is 11.5 Å². The van der Waals surface area contributed by atoms with Crippen LogP contribution in [-0.4, -0.2) is 18.1 Å². The molecule has 0 radical (unpaired) electrons. The highest BCUT2D eigenvalue weighted by Crippen LogP contribution is 2.28. The summed E-state index contributed by atoms with van der Waals surface area (Å²) in [5.74, 6) is 5.79. The Bertz CT molecular complexity index is 326. The molecule has 0 fully saturated rings. The summed E-state index contributed by atoms with van der Waals surface area (Å²) in [5.41, 5.74) is 0. The molecule has 2 nitrogen and oxygen atoms in total. The van der Waals surface area contributed by atoms with Crippen LogP contribution in [0.5, 0.6) is 0 Å². The van der Waals surface area contributed by atoms with Gasteiger partial charge in [0.05, 0.1) is 4.47 Å². The number of rotatable bonds is 1. The Morgan fingerprint density at radius 2 is 2.33 bits per heavy atom. The molecule has 0 atom stereocenters. The van der Waals surface area contributed by atoms with Crippen LogP contribution in [0.25, 0.3) is 0 Å². The van der Waals surface area contributed by atoms with Gasteiger partial charge in [-0.3, -0.25) is 0 Å². The fourth-order valence-electron chi connectivity index (χ4n) is 0.526. The van der Waals surface area contributed by atoms with Gasteiger partial charge in [0.15, 0.2) is 0 Å². The minimum absolute atomic E-state index is 0.446. The van der Waals surface area contributed by atoms with Crippen molar-refractivity contribution in [1.82, 2.24) is 4.37 Å². The van der Waals surface area contributed by atoms with E-state index in [-0.39, 0.29) is 0 Å². The fourth-order valence-corrected chi connectivity index (χ4v) is 2.15. The Morgan fingerprint density at radius 3 is 2.83 bits per heavy atom. The minimum Gasteiger partial charge on any atom is -0.372 e. The zero-order valence-electron chi connectivity index (χ0n) is 6.23. The van der Waals surface area contributed by atoms with Crippen LogP contribution in [-0.2, 0) is 4.74 Å². The van der Waals surface area contributed by atoms with Gasteiger partial charge in [0.2, 0.25) is 0 Å². The van der Waals surface area contributed by atoms with Crippen LogP contribution in [0.1, 0.15) is 4.88 Å². The molecule has 0 aliphatic rings. The van der Waals surface area contributed by atoms with Crippen molar-refractivity contribution in [3.63, 3.8) is 0 Å². The molecule has 64 valence electrons. The van der Waals surface area contributed by atoms with E-state index < -0.39 is 0 Å². The van der Waals surface area contributed by atoms with E-state index in [1.807, 2.05) is 0 Å². The molecule has 1 aromatic heterocycles. The third-order valence-corrected chi connectivity index (χ3v) is 4.15. The first-order valence-corrected chi connectivity index (χ1v) is 5.40. The van der Waals surface area contributed by atoms with Crippen molar-refractivity contribution in [3.8, 4) is 11.8 Å². The summed E-state index contributed by atoms with van der Waals surface area (Å²) >= 11 is 7.99. The standard InChI is InChI=1S/C7H5Br2NOS/c1-11-4-2-3-5-6(8)7(9)10-12-5/h4H2,1H3. The highest BCUT2D eigenvalue weighted by Gasteiger charge is 2.04. The lowest BCUT2D eigenvalue weighted by atomic mass is 10.5. The number of hydrogen-bond acceptors (Lipinski definition) is 3. The summed E-state index contributed by atoms with van der Waals surface area (Å²) in [6, 6.07) is 0. The normalized spacial score (nSPS) is 9.25. The smallest absolute Gasteiger partial charge is 0.135 e. The lowest BCUT2D eigenvalue weighted by Crippen LogP contribution is -1.80. The molecule has 0 saturated carbocycles. The highest BCUT2D eigenvalue weighted by molar-refractivity contribution is 9.13. The maximum absolute atomic E-state index is 4.79. The summed E-state index contributed by atoms with van der Waals surface area (Å²) in [4.78, 5) is 0.916. The monoisotopic (exact) mass is 309 g/mol. The van der Waals surface area contributed by atoms with E-state index in [4.69, 9.17) is 4.74 Å². The maximum atomic E-state index is 4.79. The van der Waals surface area contributed by atoms with Gasteiger partial charge < -0.3 is 4.74 Å². The lowest BCUT2D eigenvalue weighted by Gasteiger charge is -1.83. The second kappa shape index (κ2) is 4.97. The van der Waals surface area contributed by atoms with Gasteiger partial charge in [-0.25, -0.2) is 0 Å². The van der Waals surface area contributed by atoms with Crippen molar-refractivity contribution in [2.75, 3.05) is 13.7 Å². The van der Waals surface area contributed by atoms with E-state index >= 15 is 0 Å². The van der Waals surface area contributed by atoms with Crippen molar-refractivity contribution in [3.05, 3.63) is 14.0 Å². The van der Waals surface area contributed by atoms with Gasteiger partial charge in [0, 0.05) is 7.11 Å². The van der Waals surface area contributed by atoms with Crippen LogP contribution in [0.4, 0.5) is 0 Å². The number of nitrogens with zero attached hydrogens (tertiary/aromatic N) is 1. The van der Waals surface area contributed by atoms with Crippen LogP contribution >= 0.6 is 43.4 Å². The van der Waals surface area contributed by atoms with Gasteiger partial charge >= 0.3 is 0 Å². The largest absolute Gasteiger partial charge is 0.372 e. The summed E-state index contributed by atoms with van der Waals surface area (Å²) < 4.78 is 10.6. The van der Waals surface area contributed by atoms with Crippen LogP contribution in [0.15, 0.2) is 9.08 Å². The summed E-state index contributed by atoms with van der Waals surface area (Å²) in [6.45, 7) is 0.446. The number of halogens is 2. The molecule has 0 N–H and O–H groups in total. The fraction of sp³-hybridized carbons (Fsp3) is 0.286. The Morgan fingerprint density at radius 1 is 1.58 bits per heavy atom. The van der Waals surface area contributed by atoms with Crippen molar-refractivity contribution in [1.29, 1.82) is 0 Å². The molecule has 0 unspecified atom stereocenters. The molecule has 1 rings (SSSR count). The average Bonchev–Trinajstić information content (AvgIpc) is 2.36. The van der Waals surface area contributed by atoms with E-state index in [0.29, 0.717) is 6.61 Å². The van der Waals surface area contributed by atoms with Crippen LogP contribution in [0.3, 0.4) is 0 Å². The van der Waals surface area contributed by atoms with E-state index in [1.54, 1.807) is 7.11 Å². The van der Waals surface area contributed by atoms with Crippen LogP contribution in [0.2, 0.25) is 0 Å². The first kappa shape index (κ1) is 10.2. The van der Waals surface area contributed by atoms with Gasteiger partial charge in [-0.2, -0.15) is 4.37 Å². The number of aromatic nitrogens is 1. The van der Waals surface area contributed by atoms with Crippen molar-refractivity contribution in [2.45, 2.75) is 0 Å². The third kappa shape index (κ3) is 2.56. The second-order valence-electron chi connectivity index (χ2n) is 1.85. The first-order valence-electron chi connectivity index (χ1n) is 3.04. The molecule has 0 amide bonds. The molecule has 0 aliphatic heterocycles. The average molecular weight is 311 g/mol. The van der Waals surface area contributed by atoms with Crippen LogP contribution < -0.4 is 0 Å². The zero-order valence-corrected chi connectivity index (χ0v) is 10.2. The van der Waals surface area contributed by atoms with Crippen molar-refractivity contribution < 1.29 is 4.74 Å². The maximum Gasteiger partial charge on any atom is 0.135 e. The number of ether oxygens (including phenoxy) is 1. The van der Waals surface area contributed by atoms with E-state index in [9.17, 15) is 0 Å². The Labute approximate surface area is 91.7 Å². The quantitative estimate of drug-likeness (QED) is 0.744. The molecular formula is C7H5Br2NOS. The molecule has 0 saturated heterocycles. The van der Waals surface area contributed by atoms with E-state index in [2.05, 4.69) is 48.1 Å². The predicted octanol–water partition coefficient (Wildman–Crippen LogP) is 2.67. The molecular weight excluding hydrogens is 306 g/mol. The highest BCUT2D eigenvalue weighted by atomic mass is 79.9. The Balaban J connectivity index is 2.78. The van der Waals surface area contributed by atoms with Gasteiger partial charge in [0.25, 0.3) is 0 Å². The van der Waals surface area contributed by atoms with Gasteiger partial charge in [-0.05, 0) is 43.4 Å². The molecule has 0 aromatic carbocycles. The summed E-state index contributed by atoms with van der Waals surface area (Å²) in [6.07, 6.45) is 0. The second-order valence-corrected chi connectivity index (χ2v) is 4.17. The van der Waals surface area contributed by atoms with Gasteiger partial charge in [-0.1, -0.05) is 11.8 Å². The molecule has 0 spiro atoms.